The van der Waals surface area contributed by atoms with Crippen LogP contribution in [-0.2, 0) is 13.0 Å². The van der Waals surface area contributed by atoms with Gasteiger partial charge in [0.1, 0.15) is 0 Å². The van der Waals surface area contributed by atoms with E-state index in [4.69, 9.17) is 21.4 Å². The number of halogens is 1. The van der Waals surface area contributed by atoms with Crippen LogP contribution in [0.15, 0.2) is 42.6 Å². The number of phenols is 1. The van der Waals surface area contributed by atoms with Crippen molar-refractivity contribution in [2.24, 2.45) is 5.41 Å². The third-order valence-electron chi connectivity index (χ3n) is 5.88. The predicted octanol–water partition coefficient (Wildman–Crippen LogP) is 5.35. The maximum atomic E-state index is 9.98. The number of hydrogen-bond acceptors (Lipinski definition) is 4. The van der Waals surface area contributed by atoms with Crippen molar-refractivity contribution in [3.63, 3.8) is 0 Å². The summed E-state index contributed by atoms with van der Waals surface area (Å²) in [6, 6.07) is 12.1. The topological polar surface area (TPSA) is 59.3 Å². The summed E-state index contributed by atoms with van der Waals surface area (Å²) in [4.78, 5) is 0. The Labute approximate surface area is 182 Å². The fourth-order valence-electron chi connectivity index (χ4n) is 4.36. The Balaban J connectivity index is 1.64. The van der Waals surface area contributed by atoms with Gasteiger partial charge in [0, 0.05) is 23.8 Å². The summed E-state index contributed by atoms with van der Waals surface area (Å²) in [6.45, 7) is 7.35. The number of aryl methyl sites for hydroxylation is 1. The Morgan fingerprint density at radius 3 is 2.80 bits per heavy atom. The molecule has 2 aromatic carbocycles. The molecule has 0 saturated carbocycles. The van der Waals surface area contributed by atoms with Gasteiger partial charge in [-0.25, -0.2) is 4.68 Å². The second-order valence-corrected chi connectivity index (χ2v) is 9.26. The van der Waals surface area contributed by atoms with Crippen LogP contribution in [0, 0.1) is 12.3 Å². The molecule has 1 aliphatic carbocycles. The number of nitrogens with zero attached hydrogens (tertiary/aromatic N) is 2. The van der Waals surface area contributed by atoms with Crippen molar-refractivity contribution in [3.8, 4) is 17.2 Å². The minimum absolute atomic E-state index is 0.0245. The van der Waals surface area contributed by atoms with E-state index < -0.39 is 0 Å². The number of para-hydroxylation sites is 1. The number of benzene rings is 2. The van der Waals surface area contributed by atoms with Gasteiger partial charge >= 0.3 is 0 Å². The molecular weight excluding hydrogens is 398 g/mol. The number of aromatic hydroxyl groups is 1. The standard InChI is InChI=1S/C24H28ClN3O2/c1-15-7-5-6-8-20(15)28-21-12-24(2,3)11-19(17(21)14-27-28)26-13-16-9-18(25)23(29)22(10-16)30-4/h5-10,14,19,26,29H,11-13H2,1-4H3/t19-/m1/s1. The minimum Gasteiger partial charge on any atom is -0.503 e. The Morgan fingerprint density at radius 1 is 1.30 bits per heavy atom. The molecule has 2 N–H and O–H groups in total. The van der Waals surface area contributed by atoms with E-state index in [0.717, 1.165) is 24.1 Å². The molecule has 1 aromatic heterocycles. The van der Waals surface area contributed by atoms with E-state index in [2.05, 4.69) is 55.0 Å². The Hall–Kier alpha value is -2.50. The molecule has 1 heterocycles. The van der Waals surface area contributed by atoms with E-state index in [1.54, 1.807) is 6.07 Å². The van der Waals surface area contributed by atoms with Crippen LogP contribution < -0.4 is 10.1 Å². The highest BCUT2D eigenvalue weighted by Gasteiger charge is 2.35. The molecule has 0 bridgehead atoms. The van der Waals surface area contributed by atoms with Crippen LogP contribution in [-0.4, -0.2) is 22.0 Å². The van der Waals surface area contributed by atoms with Gasteiger partial charge < -0.3 is 15.2 Å². The van der Waals surface area contributed by atoms with Crippen molar-refractivity contribution in [2.75, 3.05) is 7.11 Å². The van der Waals surface area contributed by atoms with Crippen LogP contribution in [0.2, 0.25) is 5.02 Å². The lowest BCUT2D eigenvalue weighted by Crippen LogP contribution is -2.33. The smallest absolute Gasteiger partial charge is 0.176 e. The lowest BCUT2D eigenvalue weighted by Gasteiger charge is -2.36. The number of methoxy groups -OCH3 is 1. The monoisotopic (exact) mass is 425 g/mol. The van der Waals surface area contributed by atoms with Crippen molar-refractivity contribution in [3.05, 3.63) is 70.0 Å². The van der Waals surface area contributed by atoms with E-state index in [1.807, 2.05) is 12.3 Å². The fraction of sp³-hybridized carbons (Fsp3) is 0.375. The molecule has 1 aliphatic rings. The van der Waals surface area contributed by atoms with E-state index in [9.17, 15) is 5.11 Å². The predicted molar refractivity (Wildman–Crippen MR) is 120 cm³/mol. The molecule has 4 rings (SSSR count). The van der Waals surface area contributed by atoms with Crippen LogP contribution >= 0.6 is 11.6 Å². The average Bonchev–Trinajstić information content (AvgIpc) is 3.11. The van der Waals surface area contributed by atoms with Crippen molar-refractivity contribution in [1.29, 1.82) is 0 Å². The SMILES string of the molecule is COc1cc(CN[C@@H]2CC(C)(C)Cc3c2cnn3-c2ccccc2C)cc(Cl)c1O. The van der Waals surface area contributed by atoms with Gasteiger partial charge in [-0.05, 0) is 54.5 Å². The van der Waals surface area contributed by atoms with Crippen molar-refractivity contribution in [1.82, 2.24) is 15.1 Å². The number of phenolic OH excluding ortho intramolecular Hbond substituents is 1. The van der Waals surface area contributed by atoms with Gasteiger partial charge in [0.2, 0.25) is 0 Å². The molecule has 0 unspecified atom stereocenters. The minimum atomic E-state index is -0.0245. The average molecular weight is 426 g/mol. The maximum Gasteiger partial charge on any atom is 0.176 e. The quantitative estimate of drug-likeness (QED) is 0.578. The van der Waals surface area contributed by atoms with Gasteiger partial charge in [0.25, 0.3) is 0 Å². The van der Waals surface area contributed by atoms with Gasteiger partial charge in [0.05, 0.1) is 24.0 Å². The first kappa shape index (κ1) is 20.8. The van der Waals surface area contributed by atoms with Crippen LogP contribution in [0.1, 0.15) is 48.7 Å². The van der Waals surface area contributed by atoms with Crippen molar-refractivity contribution in [2.45, 2.75) is 46.2 Å². The molecule has 3 aromatic rings. The number of nitrogens with one attached hydrogen (secondary N) is 1. The molecule has 0 spiro atoms. The second-order valence-electron chi connectivity index (χ2n) is 8.85. The molecular formula is C24H28ClN3O2. The number of hydrogen-bond donors (Lipinski definition) is 2. The maximum absolute atomic E-state index is 9.98. The Morgan fingerprint density at radius 2 is 2.07 bits per heavy atom. The third kappa shape index (κ3) is 3.92. The number of aromatic nitrogens is 2. The molecule has 0 fully saturated rings. The van der Waals surface area contributed by atoms with Gasteiger partial charge in [-0.3, -0.25) is 0 Å². The summed E-state index contributed by atoms with van der Waals surface area (Å²) >= 11 is 6.16. The Bertz CT molecular complexity index is 1070. The molecule has 0 amide bonds. The normalized spacial score (nSPS) is 17.6. The summed E-state index contributed by atoms with van der Waals surface area (Å²) in [5.74, 6) is 0.361. The lowest BCUT2D eigenvalue weighted by molar-refractivity contribution is 0.252. The fourth-order valence-corrected chi connectivity index (χ4v) is 4.59. The first-order valence-electron chi connectivity index (χ1n) is 10.2. The third-order valence-corrected chi connectivity index (χ3v) is 6.17. The highest BCUT2D eigenvalue weighted by Crippen LogP contribution is 2.42. The highest BCUT2D eigenvalue weighted by molar-refractivity contribution is 6.32. The summed E-state index contributed by atoms with van der Waals surface area (Å²) in [5, 5.41) is 18.7. The molecule has 0 saturated heterocycles. The highest BCUT2D eigenvalue weighted by atomic mass is 35.5. The van der Waals surface area contributed by atoms with Crippen LogP contribution in [0.5, 0.6) is 11.5 Å². The van der Waals surface area contributed by atoms with Crippen LogP contribution in [0.25, 0.3) is 5.69 Å². The molecule has 6 heteroatoms. The van der Waals surface area contributed by atoms with Gasteiger partial charge in [-0.2, -0.15) is 5.10 Å². The zero-order chi connectivity index (χ0) is 21.5. The lowest BCUT2D eigenvalue weighted by atomic mass is 9.74. The first-order valence-corrected chi connectivity index (χ1v) is 10.6. The summed E-state index contributed by atoms with van der Waals surface area (Å²) in [7, 11) is 1.53. The molecule has 1 atom stereocenters. The summed E-state index contributed by atoms with van der Waals surface area (Å²) < 4.78 is 7.33. The number of fused-ring (bicyclic) bond motifs is 1. The van der Waals surface area contributed by atoms with Crippen LogP contribution in [0.3, 0.4) is 0 Å². The summed E-state index contributed by atoms with van der Waals surface area (Å²) in [6.07, 6.45) is 4.00. The largest absolute Gasteiger partial charge is 0.503 e. The van der Waals surface area contributed by atoms with E-state index in [-0.39, 0.29) is 17.2 Å². The van der Waals surface area contributed by atoms with Gasteiger partial charge in [0.15, 0.2) is 11.5 Å². The number of rotatable bonds is 5. The summed E-state index contributed by atoms with van der Waals surface area (Å²) in [5.41, 5.74) is 5.96. The molecule has 0 aliphatic heterocycles. The Kier molecular flexibility index (Phi) is 5.51. The van der Waals surface area contributed by atoms with E-state index in [0.29, 0.717) is 17.3 Å². The zero-order valence-corrected chi connectivity index (χ0v) is 18.6. The van der Waals surface area contributed by atoms with Crippen LogP contribution in [0.4, 0.5) is 0 Å². The zero-order valence-electron chi connectivity index (χ0n) is 17.9. The molecule has 5 nitrogen and oxygen atoms in total. The molecule has 30 heavy (non-hydrogen) atoms. The van der Waals surface area contributed by atoms with E-state index >= 15 is 0 Å². The van der Waals surface area contributed by atoms with Gasteiger partial charge in [-0.15, -0.1) is 0 Å². The molecule has 0 radical (unpaired) electrons. The first-order chi connectivity index (χ1) is 14.3. The van der Waals surface area contributed by atoms with Crippen molar-refractivity contribution >= 4 is 11.6 Å². The number of ether oxygens (including phenoxy) is 1. The molecule has 158 valence electrons. The van der Waals surface area contributed by atoms with Gasteiger partial charge in [-0.1, -0.05) is 43.6 Å². The second kappa shape index (κ2) is 7.97. The van der Waals surface area contributed by atoms with E-state index in [1.165, 1.54) is 23.9 Å². The van der Waals surface area contributed by atoms with Crippen molar-refractivity contribution < 1.29 is 9.84 Å².